The van der Waals surface area contributed by atoms with Crippen molar-refractivity contribution in [1.82, 2.24) is 4.57 Å². The number of fused-ring (bicyclic) bond motifs is 11. The van der Waals surface area contributed by atoms with Gasteiger partial charge in [-0.15, -0.1) is 0 Å². The fraction of sp³-hybridized carbons (Fsp3) is 0.213. The van der Waals surface area contributed by atoms with Crippen molar-refractivity contribution in [3.63, 3.8) is 0 Å². The van der Waals surface area contributed by atoms with Crippen LogP contribution in [-0.2, 0) is 18.3 Å². The average molecular weight is 842 g/mol. The largest absolute Gasteiger partial charge is 0.456 e. The first kappa shape index (κ1) is 39.8. The Labute approximate surface area is 383 Å². The Hall–Kier alpha value is -6.78. The van der Waals surface area contributed by atoms with E-state index in [1.807, 2.05) is 0 Å². The first-order valence-electron chi connectivity index (χ1n) is 24.0. The van der Waals surface area contributed by atoms with Gasteiger partial charge in [-0.2, -0.15) is 0 Å². The molecule has 1 aliphatic heterocycles. The topological polar surface area (TPSA) is 30.1 Å². The van der Waals surface area contributed by atoms with Crippen LogP contribution in [-0.4, -0.2) is 11.8 Å². The maximum Gasteiger partial charge on any atom is 0.197 e. The number of furan rings is 1. The molecule has 1 radical (unpaired) electrons. The van der Waals surface area contributed by atoms with Gasteiger partial charge in [-0.1, -0.05) is 150 Å². The van der Waals surface area contributed by atoms with E-state index in [-0.39, 0.29) is 5.41 Å². The standard InChI is InChI=1S/C61H54BN2O/c1-5-7-9-17-38-25-29-41(30-26-38)63-53-37-47-42-19-11-14-22-50(42)61(3,4)51(47)36-48(53)49-35-46(40-28-31-44-43-20-13-16-24-56(43)65-57(44)34-40)58-45-21-12-15-23-54(45)64-55-32-27-39(18-10-8-6-2)33-52(55)62-59(49)60(58)64/h11-16,19-37,63H,5-10,17-18H2,1-4H3. The Balaban J connectivity index is 1.14. The summed E-state index contributed by atoms with van der Waals surface area (Å²) >= 11 is 0. The quantitative estimate of drug-likeness (QED) is 0.0981. The fourth-order valence-electron chi connectivity index (χ4n) is 11.3. The van der Waals surface area contributed by atoms with Gasteiger partial charge in [0.25, 0.3) is 0 Å². The van der Waals surface area contributed by atoms with Gasteiger partial charge in [-0.3, -0.25) is 0 Å². The summed E-state index contributed by atoms with van der Waals surface area (Å²) in [7, 11) is 2.50. The maximum absolute atomic E-state index is 6.59. The Morgan fingerprint density at radius 1 is 0.554 bits per heavy atom. The van der Waals surface area contributed by atoms with Crippen molar-refractivity contribution in [2.75, 3.05) is 5.32 Å². The molecular formula is C61H54BN2O. The van der Waals surface area contributed by atoms with E-state index in [0.29, 0.717) is 0 Å². The summed E-state index contributed by atoms with van der Waals surface area (Å²) in [5.41, 5.74) is 23.0. The van der Waals surface area contributed by atoms with Crippen molar-refractivity contribution >= 4 is 73.3 Å². The number of benzene rings is 8. The highest BCUT2D eigenvalue weighted by atomic mass is 16.3. The summed E-state index contributed by atoms with van der Waals surface area (Å²) in [5, 5.41) is 8.84. The van der Waals surface area contributed by atoms with Gasteiger partial charge in [0.1, 0.15) is 11.2 Å². The molecule has 3 nitrogen and oxygen atoms in total. The van der Waals surface area contributed by atoms with Crippen LogP contribution in [0.1, 0.15) is 88.5 Å². The summed E-state index contributed by atoms with van der Waals surface area (Å²) in [4.78, 5) is 0. The van der Waals surface area contributed by atoms with Crippen molar-refractivity contribution in [2.24, 2.45) is 0 Å². The molecule has 0 atom stereocenters. The summed E-state index contributed by atoms with van der Waals surface area (Å²) in [6.45, 7) is 9.35. The second kappa shape index (κ2) is 15.7. The van der Waals surface area contributed by atoms with Crippen LogP contribution >= 0.6 is 0 Å². The normalized spacial score (nSPS) is 13.4. The van der Waals surface area contributed by atoms with E-state index < -0.39 is 0 Å². The minimum atomic E-state index is -0.172. The molecule has 0 spiro atoms. The zero-order chi connectivity index (χ0) is 43.8. The van der Waals surface area contributed by atoms with E-state index in [1.54, 1.807) is 0 Å². The first-order chi connectivity index (χ1) is 31.9. The molecule has 65 heavy (non-hydrogen) atoms. The van der Waals surface area contributed by atoms with Crippen LogP contribution in [0.25, 0.3) is 82.8 Å². The number of unbranched alkanes of at least 4 members (excludes halogenated alkanes) is 4. The van der Waals surface area contributed by atoms with Crippen LogP contribution in [0.15, 0.2) is 156 Å². The highest BCUT2D eigenvalue weighted by Gasteiger charge is 2.37. The molecule has 8 aromatic carbocycles. The number of para-hydroxylation sites is 2. The molecule has 0 amide bonds. The van der Waals surface area contributed by atoms with Gasteiger partial charge in [0.2, 0.25) is 0 Å². The molecule has 3 heterocycles. The molecule has 10 aromatic rings. The summed E-state index contributed by atoms with van der Waals surface area (Å²) in [6, 6.07) is 57.1. The Morgan fingerprint density at radius 2 is 1.28 bits per heavy atom. The molecule has 1 aliphatic carbocycles. The smallest absolute Gasteiger partial charge is 0.197 e. The third kappa shape index (κ3) is 6.47. The summed E-state index contributed by atoms with van der Waals surface area (Å²) < 4.78 is 9.15. The molecule has 0 bridgehead atoms. The second-order valence-electron chi connectivity index (χ2n) is 19.2. The minimum Gasteiger partial charge on any atom is -0.456 e. The van der Waals surface area contributed by atoms with E-state index in [1.165, 1.54) is 127 Å². The Bertz CT molecular complexity index is 3490. The molecule has 2 aromatic heterocycles. The molecule has 12 rings (SSSR count). The van der Waals surface area contributed by atoms with E-state index in [4.69, 9.17) is 4.42 Å². The minimum absolute atomic E-state index is 0.172. The summed E-state index contributed by atoms with van der Waals surface area (Å²) in [6.07, 6.45) is 9.58. The zero-order valence-electron chi connectivity index (χ0n) is 38.0. The third-order valence-corrected chi connectivity index (χ3v) is 14.7. The van der Waals surface area contributed by atoms with Crippen molar-refractivity contribution in [3.05, 3.63) is 174 Å². The van der Waals surface area contributed by atoms with E-state index in [0.717, 1.165) is 51.7 Å². The van der Waals surface area contributed by atoms with Crippen molar-refractivity contribution < 1.29 is 4.42 Å². The van der Waals surface area contributed by atoms with Crippen molar-refractivity contribution in [1.29, 1.82) is 0 Å². The molecule has 2 aliphatic rings. The molecule has 0 saturated heterocycles. The van der Waals surface area contributed by atoms with Crippen LogP contribution in [0, 0.1) is 0 Å². The molecular weight excluding hydrogens is 787 g/mol. The Kier molecular flexibility index (Phi) is 9.63. The summed E-state index contributed by atoms with van der Waals surface area (Å²) in [5.74, 6) is 0. The lowest BCUT2D eigenvalue weighted by Gasteiger charge is -2.27. The molecule has 4 heteroatoms. The van der Waals surface area contributed by atoms with Gasteiger partial charge in [0, 0.05) is 55.1 Å². The number of hydrogen-bond donors (Lipinski definition) is 1. The molecule has 0 saturated carbocycles. The van der Waals surface area contributed by atoms with Crippen LogP contribution < -0.4 is 16.2 Å². The number of nitrogens with zero attached hydrogens (tertiary/aromatic N) is 1. The fourth-order valence-corrected chi connectivity index (χ4v) is 11.3. The van der Waals surface area contributed by atoms with Crippen molar-refractivity contribution in [2.45, 2.75) is 84.5 Å². The number of anilines is 2. The highest BCUT2D eigenvalue weighted by molar-refractivity contribution is 6.73. The molecule has 1 N–H and O–H groups in total. The van der Waals surface area contributed by atoms with Gasteiger partial charge in [-0.25, -0.2) is 0 Å². The number of aromatic nitrogens is 1. The van der Waals surface area contributed by atoms with Gasteiger partial charge in [0.15, 0.2) is 7.28 Å². The van der Waals surface area contributed by atoms with Crippen molar-refractivity contribution in [3.8, 4) is 39.1 Å². The number of nitrogens with one attached hydrogen (secondary N) is 1. The maximum atomic E-state index is 6.59. The number of rotatable bonds is 12. The average Bonchev–Trinajstić information content (AvgIpc) is 3.95. The molecule has 0 fully saturated rings. The lowest BCUT2D eigenvalue weighted by Crippen LogP contribution is -2.37. The van der Waals surface area contributed by atoms with Crippen LogP contribution in [0.4, 0.5) is 11.4 Å². The molecule has 0 unspecified atom stereocenters. The lowest BCUT2D eigenvalue weighted by molar-refractivity contribution is 0.660. The molecule has 317 valence electrons. The third-order valence-electron chi connectivity index (χ3n) is 14.7. The monoisotopic (exact) mass is 841 g/mol. The van der Waals surface area contributed by atoms with Crippen LogP contribution in [0.3, 0.4) is 0 Å². The van der Waals surface area contributed by atoms with E-state index >= 15 is 0 Å². The zero-order valence-corrected chi connectivity index (χ0v) is 38.0. The van der Waals surface area contributed by atoms with Gasteiger partial charge >= 0.3 is 0 Å². The van der Waals surface area contributed by atoms with Gasteiger partial charge in [-0.05, 0) is 142 Å². The van der Waals surface area contributed by atoms with Crippen LogP contribution in [0.5, 0.6) is 0 Å². The Morgan fingerprint density at radius 3 is 2.11 bits per heavy atom. The lowest BCUT2D eigenvalue weighted by atomic mass is 9.58. The van der Waals surface area contributed by atoms with E-state index in [2.05, 4.69) is 197 Å². The number of hydrogen-bond acceptors (Lipinski definition) is 2. The van der Waals surface area contributed by atoms with Crippen LogP contribution in [0.2, 0.25) is 0 Å². The number of aryl methyl sites for hydroxylation is 2. The van der Waals surface area contributed by atoms with E-state index in [9.17, 15) is 0 Å². The first-order valence-corrected chi connectivity index (χ1v) is 24.0. The predicted molar refractivity (Wildman–Crippen MR) is 278 cm³/mol. The van der Waals surface area contributed by atoms with Gasteiger partial charge < -0.3 is 14.3 Å². The van der Waals surface area contributed by atoms with Gasteiger partial charge in [0.05, 0.1) is 5.52 Å². The second-order valence-corrected chi connectivity index (χ2v) is 19.2. The predicted octanol–water partition coefficient (Wildman–Crippen LogP) is 15.5. The highest BCUT2D eigenvalue weighted by Crippen LogP contribution is 2.52. The SMILES string of the molecule is CCCCCc1ccc(Nc2cc3c(cc2-c2cc(-c4ccc5c(c4)oc4ccccc45)c4c5ccccc5n5c4c2[B]c2cc(CCCCC)ccc2-5)C(C)(C)c2ccccc2-3)cc1.